The van der Waals surface area contributed by atoms with E-state index in [0.29, 0.717) is 12.3 Å². The highest BCUT2D eigenvalue weighted by Gasteiger charge is 2.31. The standard InChI is InChI=1S/C21H27BrN2O3/c1-14-12-15(2)19(27-20(26)21(3,4)22)16(13-14)18(24(5)10-11-25)17-8-6-7-9-23-17/h6-9,12-13,18,25H,10-11H2,1-5H3/p+1. The Morgan fingerprint density at radius 2 is 2.04 bits per heavy atom. The highest BCUT2D eigenvalue weighted by Crippen LogP contribution is 2.37. The molecular formula is C21H28BrN2O3+. The molecule has 0 aliphatic carbocycles. The van der Waals surface area contributed by atoms with Crippen molar-refractivity contribution in [1.82, 2.24) is 9.88 Å². The maximum absolute atomic E-state index is 12.5. The van der Waals surface area contributed by atoms with Gasteiger partial charge in [-0.3, -0.25) is 14.7 Å². The van der Waals surface area contributed by atoms with Crippen LogP contribution in [0.3, 0.4) is 0 Å². The van der Waals surface area contributed by atoms with Crippen molar-refractivity contribution in [3.63, 3.8) is 0 Å². The third-order valence-electron chi connectivity index (χ3n) is 4.30. The highest BCUT2D eigenvalue weighted by atomic mass is 79.9. The number of carbonyl (C=O) groups is 1. The number of likely N-dealkylation sites (N-methyl/N-ethyl adjacent to an activating group) is 1. The number of alkyl halides is 1. The Hall–Kier alpha value is -1.76. The zero-order valence-electron chi connectivity index (χ0n) is 16.5. The van der Waals surface area contributed by atoms with Crippen LogP contribution >= 0.6 is 15.9 Å². The molecule has 0 saturated carbocycles. The summed E-state index contributed by atoms with van der Waals surface area (Å²) in [6, 6.07) is 9.62. The topological polar surface area (TPSA) is 65.3 Å². The molecule has 27 heavy (non-hydrogen) atoms. The van der Waals surface area contributed by atoms with Gasteiger partial charge >= 0.3 is 5.97 Å². The first-order valence-electron chi connectivity index (χ1n) is 8.93. The average Bonchev–Trinajstić information content (AvgIpc) is 2.58. The quantitative estimate of drug-likeness (QED) is 0.288. The zero-order chi connectivity index (χ0) is 20.2. The molecule has 0 amide bonds. The van der Waals surface area contributed by atoms with E-state index in [2.05, 4.69) is 25.8 Å². The van der Waals surface area contributed by atoms with Gasteiger partial charge in [-0.15, -0.1) is 0 Å². The van der Waals surface area contributed by atoms with Crippen molar-refractivity contribution in [2.24, 2.45) is 0 Å². The molecule has 2 rings (SSSR count). The molecule has 0 aliphatic rings. The largest absolute Gasteiger partial charge is 0.444 e. The molecule has 1 aromatic carbocycles. The van der Waals surface area contributed by atoms with E-state index in [1.54, 1.807) is 20.0 Å². The van der Waals surface area contributed by atoms with Crippen molar-refractivity contribution in [3.8, 4) is 5.75 Å². The minimum absolute atomic E-state index is 0.212. The van der Waals surface area contributed by atoms with E-state index in [4.69, 9.17) is 9.84 Å². The van der Waals surface area contributed by atoms with Gasteiger partial charge in [-0.1, -0.05) is 39.7 Å². The van der Waals surface area contributed by atoms with Crippen molar-refractivity contribution >= 4 is 21.9 Å². The first-order valence-corrected chi connectivity index (χ1v) is 9.72. The number of nitrogens with zero attached hydrogens (tertiary/aromatic N) is 2. The molecule has 0 aliphatic heterocycles. The Kier molecular flexibility index (Phi) is 7.14. The van der Waals surface area contributed by atoms with Crippen LogP contribution in [0.5, 0.6) is 5.75 Å². The zero-order valence-corrected chi connectivity index (χ0v) is 18.1. The maximum Gasteiger partial charge on any atom is 0.327 e. The summed E-state index contributed by atoms with van der Waals surface area (Å²) in [6.45, 7) is 8.35. The molecule has 6 heteroatoms. The summed E-state index contributed by atoms with van der Waals surface area (Å²) in [5, 5.41) is 7.63. The molecule has 1 heterocycles. The van der Waals surface area contributed by atoms with Crippen molar-refractivity contribution < 1.29 is 14.6 Å². The molecule has 1 aromatic heterocycles. The molecule has 0 spiro atoms. The Morgan fingerprint density at radius 1 is 1.33 bits per heavy atom. The van der Waals surface area contributed by atoms with Crippen molar-refractivity contribution in [2.45, 2.75) is 38.1 Å². The number of ether oxygens (including phenoxy) is 1. The van der Waals surface area contributed by atoms with E-state index in [1.807, 2.05) is 51.2 Å². The van der Waals surface area contributed by atoms with Gasteiger partial charge < -0.3 is 9.84 Å². The average molecular weight is 436 g/mol. The predicted octanol–water partition coefficient (Wildman–Crippen LogP) is 3.52. The van der Waals surface area contributed by atoms with Crippen LogP contribution in [-0.2, 0) is 4.79 Å². The van der Waals surface area contributed by atoms with Crippen LogP contribution in [-0.4, -0.2) is 45.5 Å². The fraction of sp³-hybridized carbons (Fsp3) is 0.429. The Bertz CT molecular complexity index is 788. The van der Waals surface area contributed by atoms with Gasteiger partial charge in [-0.25, -0.2) is 0 Å². The first kappa shape index (κ1) is 21.5. The molecule has 0 radical (unpaired) electrons. The lowest BCUT2D eigenvalue weighted by molar-refractivity contribution is -0.136. The number of esters is 1. The number of aromatic nitrogens is 1. The van der Waals surface area contributed by atoms with Crippen molar-refractivity contribution in [2.75, 3.05) is 20.2 Å². The van der Waals surface area contributed by atoms with Gasteiger partial charge in [0.1, 0.15) is 10.1 Å². The summed E-state index contributed by atoms with van der Waals surface area (Å²) in [4.78, 5) is 19.2. The van der Waals surface area contributed by atoms with E-state index in [1.165, 1.54) is 0 Å². The molecular weight excluding hydrogens is 408 g/mol. The second kappa shape index (κ2) is 8.95. The molecule has 146 valence electrons. The second-order valence-electron chi connectivity index (χ2n) is 7.25. The lowest BCUT2D eigenvalue weighted by Gasteiger charge is -2.29. The summed E-state index contributed by atoms with van der Waals surface area (Å²) < 4.78 is 5.06. The molecule has 1 unspecified atom stereocenters. The number of carbonyl (C=O) groups excluding carboxylic acids is 1. The maximum atomic E-state index is 12.5. The van der Waals surface area contributed by atoms with Gasteiger partial charge in [0.25, 0.3) is 0 Å². The molecule has 0 bridgehead atoms. The molecule has 0 saturated heterocycles. The lowest BCUT2D eigenvalue weighted by atomic mass is 9.96. The summed E-state index contributed by atoms with van der Waals surface area (Å²) >= 11 is 3.38. The minimum atomic E-state index is -0.783. The Morgan fingerprint density at radius 3 is 2.59 bits per heavy atom. The summed E-state index contributed by atoms with van der Waals surface area (Å²) in [5.74, 6) is 0.212. The van der Waals surface area contributed by atoms with E-state index in [9.17, 15) is 4.79 Å². The summed E-state index contributed by atoms with van der Waals surface area (Å²) in [7, 11) is 1.96. The van der Waals surface area contributed by atoms with Crippen molar-refractivity contribution in [3.05, 3.63) is 58.9 Å². The van der Waals surface area contributed by atoms with Crippen molar-refractivity contribution in [1.29, 1.82) is 0 Å². The van der Waals surface area contributed by atoms with Crippen LogP contribution in [0, 0.1) is 13.8 Å². The van der Waals surface area contributed by atoms with Gasteiger partial charge in [0.2, 0.25) is 0 Å². The lowest BCUT2D eigenvalue weighted by Crippen LogP contribution is -2.32. The van der Waals surface area contributed by atoms with Crippen LogP contribution < -0.4 is 4.74 Å². The number of rotatable bonds is 7. The summed E-state index contributed by atoms with van der Waals surface area (Å²) in [5.41, 5.74) is 3.72. The van der Waals surface area contributed by atoms with E-state index in [0.717, 1.165) is 22.4 Å². The SMILES string of the molecule is Cc1cc(C)c(OC(=O)C(C)(C)Br)c(C(c2ccccn2)N(C)CC[OH2+])c1. The van der Waals surface area contributed by atoms with Crippen LogP contribution in [0.25, 0.3) is 0 Å². The summed E-state index contributed by atoms with van der Waals surface area (Å²) in [6.07, 6.45) is 1.76. The number of benzene rings is 1. The molecule has 1 atom stereocenters. The normalized spacial score (nSPS) is 12.9. The number of hydrogen-bond donors (Lipinski definition) is 0. The fourth-order valence-electron chi connectivity index (χ4n) is 3.01. The Labute approximate surface area is 169 Å². The predicted molar refractivity (Wildman–Crippen MR) is 112 cm³/mol. The van der Waals surface area contributed by atoms with E-state index < -0.39 is 4.32 Å². The minimum Gasteiger partial charge on any atom is -0.444 e. The highest BCUT2D eigenvalue weighted by molar-refractivity contribution is 9.10. The van der Waals surface area contributed by atoms with Gasteiger partial charge in [0.05, 0.1) is 18.3 Å². The molecule has 2 N–H and O–H groups in total. The fourth-order valence-corrected chi connectivity index (χ4v) is 3.09. The van der Waals surface area contributed by atoms with E-state index in [-0.39, 0.29) is 18.6 Å². The van der Waals surface area contributed by atoms with Gasteiger partial charge in [0.15, 0.2) is 6.61 Å². The third kappa shape index (κ3) is 5.37. The number of aryl methyl sites for hydroxylation is 2. The third-order valence-corrected chi connectivity index (χ3v) is 4.62. The van der Waals surface area contributed by atoms with Gasteiger partial charge in [0, 0.05) is 11.8 Å². The van der Waals surface area contributed by atoms with Crippen LogP contribution in [0.4, 0.5) is 0 Å². The first-order chi connectivity index (χ1) is 12.6. The second-order valence-corrected chi connectivity index (χ2v) is 9.23. The van der Waals surface area contributed by atoms with Crippen LogP contribution in [0.15, 0.2) is 36.5 Å². The van der Waals surface area contributed by atoms with Gasteiger partial charge in [-0.05, 0) is 52.4 Å². The smallest absolute Gasteiger partial charge is 0.327 e. The molecule has 0 fully saturated rings. The van der Waals surface area contributed by atoms with Crippen LogP contribution in [0.2, 0.25) is 0 Å². The van der Waals surface area contributed by atoms with E-state index >= 15 is 0 Å². The number of hydrogen-bond acceptors (Lipinski definition) is 4. The van der Waals surface area contributed by atoms with Gasteiger partial charge in [-0.2, -0.15) is 0 Å². The monoisotopic (exact) mass is 435 g/mol. The molecule has 2 aromatic rings. The van der Waals surface area contributed by atoms with Crippen LogP contribution in [0.1, 0.15) is 42.3 Å². The Balaban J connectivity index is 2.62. The molecule has 5 nitrogen and oxygen atoms in total. The number of halogens is 1. The number of pyridine rings is 1.